The van der Waals surface area contributed by atoms with E-state index in [1.807, 2.05) is 0 Å². The lowest BCUT2D eigenvalue weighted by atomic mass is 10.5. The second-order valence-corrected chi connectivity index (χ2v) is 3.82. The molecule has 1 aromatic rings. The van der Waals surface area contributed by atoms with Gasteiger partial charge in [0.15, 0.2) is 5.75 Å². The summed E-state index contributed by atoms with van der Waals surface area (Å²) >= 11 is 0. The van der Waals surface area contributed by atoms with Crippen molar-refractivity contribution in [3.63, 3.8) is 0 Å². The van der Waals surface area contributed by atoms with E-state index in [0.717, 1.165) is 0 Å². The van der Waals surface area contributed by atoms with Gasteiger partial charge in [-0.25, -0.2) is 13.4 Å². The monoisotopic (exact) mass is 204 g/mol. The summed E-state index contributed by atoms with van der Waals surface area (Å²) in [6, 6.07) is 2.59. The lowest BCUT2D eigenvalue weighted by molar-refractivity contribution is 0.288. The van der Waals surface area contributed by atoms with Crippen LogP contribution in [-0.2, 0) is 10.0 Å². The van der Waals surface area contributed by atoms with Gasteiger partial charge in [0, 0.05) is 6.20 Å². The van der Waals surface area contributed by atoms with Gasteiger partial charge >= 0.3 is 0 Å². The number of rotatable bonds is 3. The van der Waals surface area contributed by atoms with Crippen LogP contribution in [0, 0.1) is 0 Å². The van der Waals surface area contributed by atoms with E-state index in [-0.39, 0.29) is 0 Å². The van der Waals surface area contributed by atoms with Gasteiger partial charge in [-0.3, -0.25) is 0 Å². The van der Waals surface area contributed by atoms with Crippen LogP contribution in [0.2, 0.25) is 0 Å². The molecule has 0 bridgehead atoms. The van der Waals surface area contributed by atoms with Crippen molar-refractivity contribution in [3.05, 3.63) is 18.3 Å². The molecule has 13 heavy (non-hydrogen) atoms. The first kappa shape index (κ1) is 9.90. The van der Waals surface area contributed by atoms with Crippen LogP contribution in [0.3, 0.4) is 0 Å². The Balaban J connectivity index is 3.15. The van der Waals surface area contributed by atoms with Crippen LogP contribution in [0.4, 0.5) is 0 Å². The van der Waals surface area contributed by atoms with Crippen LogP contribution in [0.15, 0.2) is 23.4 Å². The maximum absolute atomic E-state index is 11.2. The van der Waals surface area contributed by atoms with E-state index in [1.54, 1.807) is 4.72 Å². The number of aliphatic hydroxyl groups is 1. The van der Waals surface area contributed by atoms with Gasteiger partial charge in [-0.2, -0.15) is 4.72 Å². The van der Waals surface area contributed by atoms with Crippen molar-refractivity contribution in [1.29, 1.82) is 0 Å². The number of sulfonamides is 1. The minimum atomic E-state index is -3.90. The summed E-state index contributed by atoms with van der Waals surface area (Å²) in [6.07, 6.45) is 1.23. The number of hydrogen-bond donors (Lipinski definition) is 3. The Kier molecular flexibility index (Phi) is 2.81. The number of nitrogens with one attached hydrogen (secondary N) is 1. The molecule has 7 heteroatoms. The molecule has 1 aromatic heterocycles. The summed E-state index contributed by atoms with van der Waals surface area (Å²) in [4.78, 5) is 3.46. The Morgan fingerprint density at radius 3 is 2.77 bits per heavy atom. The maximum Gasteiger partial charge on any atom is 0.263 e. The molecule has 0 fully saturated rings. The van der Waals surface area contributed by atoms with Gasteiger partial charge in [-0.1, -0.05) is 0 Å². The Morgan fingerprint density at radius 2 is 2.23 bits per heavy atom. The lowest BCUT2D eigenvalue weighted by Gasteiger charge is -2.03. The molecule has 0 spiro atoms. The first-order valence-electron chi connectivity index (χ1n) is 3.32. The first-order chi connectivity index (χ1) is 6.08. The zero-order valence-corrected chi connectivity index (χ0v) is 7.32. The largest absolute Gasteiger partial charge is 0.505 e. The Morgan fingerprint density at radius 1 is 1.54 bits per heavy atom. The van der Waals surface area contributed by atoms with E-state index in [1.165, 1.54) is 18.3 Å². The average molecular weight is 204 g/mol. The van der Waals surface area contributed by atoms with Crippen LogP contribution in [-0.4, -0.2) is 30.3 Å². The van der Waals surface area contributed by atoms with E-state index in [2.05, 4.69) is 4.98 Å². The molecule has 0 aliphatic carbocycles. The predicted octanol–water partition coefficient (Wildman–Crippen LogP) is -0.985. The highest BCUT2D eigenvalue weighted by Gasteiger charge is 2.18. The zero-order chi connectivity index (χ0) is 9.90. The molecule has 0 amide bonds. The standard InChI is InChI=1S/C6H8N2O4S/c9-4-8-13(11,12)6-5(10)2-1-3-7-6/h1-3,8-10H,4H2. The van der Waals surface area contributed by atoms with Gasteiger partial charge in [0.05, 0.1) is 0 Å². The molecule has 0 atom stereocenters. The molecule has 1 rings (SSSR count). The molecule has 0 aliphatic rings. The number of aromatic nitrogens is 1. The van der Waals surface area contributed by atoms with Crippen LogP contribution in [0.5, 0.6) is 5.75 Å². The van der Waals surface area contributed by atoms with Crippen molar-refractivity contribution in [3.8, 4) is 5.75 Å². The molecule has 0 saturated carbocycles. The molecule has 0 aliphatic heterocycles. The number of hydrogen-bond acceptors (Lipinski definition) is 5. The van der Waals surface area contributed by atoms with Crippen LogP contribution < -0.4 is 4.72 Å². The van der Waals surface area contributed by atoms with Crippen LogP contribution in [0.1, 0.15) is 0 Å². The molecule has 72 valence electrons. The maximum atomic E-state index is 11.2. The lowest BCUT2D eigenvalue weighted by Crippen LogP contribution is -2.25. The quantitative estimate of drug-likeness (QED) is 0.549. The second kappa shape index (κ2) is 3.69. The van der Waals surface area contributed by atoms with E-state index in [9.17, 15) is 8.42 Å². The fourth-order valence-electron chi connectivity index (χ4n) is 0.743. The summed E-state index contributed by atoms with van der Waals surface area (Å²) in [5.74, 6) is -0.455. The highest BCUT2D eigenvalue weighted by atomic mass is 32.2. The molecule has 0 radical (unpaired) electrons. The molecular formula is C6H8N2O4S. The van der Waals surface area contributed by atoms with Crippen molar-refractivity contribution in [1.82, 2.24) is 9.71 Å². The molecule has 6 nitrogen and oxygen atoms in total. The normalized spacial score (nSPS) is 11.5. The van der Waals surface area contributed by atoms with Gasteiger partial charge in [-0.15, -0.1) is 0 Å². The van der Waals surface area contributed by atoms with Gasteiger partial charge in [0.1, 0.15) is 6.73 Å². The van der Waals surface area contributed by atoms with E-state index >= 15 is 0 Å². The van der Waals surface area contributed by atoms with Crippen molar-refractivity contribution in [2.45, 2.75) is 5.03 Å². The Bertz CT molecular complexity index is 389. The molecule has 3 N–H and O–H groups in total. The van der Waals surface area contributed by atoms with Crippen molar-refractivity contribution in [2.75, 3.05) is 6.73 Å². The molecule has 0 unspecified atom stereocenters. The van der Waals surface area contributed by atoms with Gasteiger partial charge in [-0.05, 0) is 12.1 Å². The summed E-state index contributed by atoms with van der Waals surface area (Å²) in [6.45, 7) is -0.738. The van der Waals surface area contributed by atoms with Crippen molar-refractivity contribution < 1.29 is 18.6 Å². The number of aromatic hydroxyl groups is 1. The van der Waals surface area contributed by atoms with Gasteiger partial charge in [0.2, 0.25) is 5.03 Å². The topological polar surface area (TPSA) is 99.5 Å². The molecule has 1 heterocycles. The fraction of sp³-hybridized carbons (Fsp3) is 0.167. The average Bonchev–Trinajstić information content (AvgIpc) is 2.04. The molecule has 0 saturated heterocycles. The van der Waals surface area contributed by atoms with Crippen molar-refractivity contribution in [2.24, 2.45) is 0 Å². The number of nitrogens with zero attached hydrogens (tertiary/aromatic N) is 1. The highest BCUT2D eigenvalue weighted by molar-refractivity contribution is 7.89. The first-order valence-corrected chi connectivity index (χ1v) is 4.81. The Hall–Kier alpha value is -1.18. The van der Waals surface area contributed by atoms with Crippen LogP contribution >= 0.6 is 0 Å². The number of aliphatic hydroxyl groups excluding tert-OH is 1. The van der Waals surface area contributed by atoms with Crippen molar-refractivity contribution >= 4 is 10.0 Å². The minimum Gasteiger partial charge on any atom is -0.505 e. The van der Waals surface area contributed by atoms with Gasteiger partial charge in [0.25, 0.3) is 10.0 Å². The zero-order valence-electron chi connectivity index (χ0n) is 6.51. The SMILES string of the molecule is O=S(=O)(NCO)c1ncccc1O. The number of pyridine rings is 1. The Labute approximate surface area is 74.9 Å². The second-order valence-electron chi connectivity index (χ2n) is 2.13. The predicted molar refractivity (Wildman–Crippen MR) is 43.3 cm³/mol. The third-order valence-corrected chi connectivity index (χ3v) is 2.59. The van der Waals surface area contributed by atoms with E-state index in [0.29, 0.717) is 0 Å². The third-order valence-electron chi connectivity index (χ3n) is 1.26. The summed E-state index contributed by atoms with van der Waals surface area (Å²) in [5, 5.41) is 17.0. The summed E-state index contributed by atoms with van der Waals surface area (Å²) in [5.41, 5.74) is 0. The summed E-state index contributed by atoms with van der Waals surface area (Å²) in [7, 11) is -3.90. The summed E-state index contributed by atoms with van der Waals surface area (Å²) < 4.78 is 24.1. The molecule has 0 aromatic carbocycles. The smallest absolute Gasteiger partial charge is 0.263 e. The highest BCUT2D eigenvalue weighted by Crippen LogP contribution is 2.17. The van der Waals surface area contributed by atoms with Gasteiger partial charge < -0.3 is 10.2 Å². The fourth-order valence-corrected chi connectivity index (χ4v) is 1.59. The molecular weight excluding hydrogens is 196 g/mol. The van der Waals surface area contributed by atoms with E-state index < -0.39 is 27.5 Å². The third kappa shape index (κ3) is 2.14. The minimum absolute atomic E-state index is 0.455. The van der Waals surface area contributed by atoms with Crippen LogP contribution in [0.25, 0.3) is 0 Å². The van der Waals surface area contributed by atoms with E-state index in [4.69, 9.17) is 10.2 Å².